The van der Waals surface area contributed by atoms with E-state index < -0.39 is 11.7 Å². The SMILES string of the molecule is Nc1cc(C(F)(F)F)ccc1OCCC(=O)NC1CC1. The molecule has 0 radical (unpaired) electrons. The molecule has 20 heavy (non-hydrogen) atoms. The molecule has 0 spiro atoms. The Labute approximate surface area is 114 Å². The Morgan fingerprint density at radius 3 is 2.65 bits per heavy atom. The predicted octanol–water partition coefficient (Wildman–Crippen LogP) is 2.34. The number of halogens is 3. The number of hydrogen-bond donors (Lipinski definition) is 2. The summed E-state index contributed by atoms with van der Waals surface area (Å²) in [5.41, 5.74) is 4.58. The lowest BCUT2D eigenvalue weighted by molar-refractivity contribution is -0.137. The van der Waals surface area contributed by atoms with E-state index in [-0.39, 0.29) is 36.4 Å². The van der Waals surface area contributed by atoms with Gasteiger partial charge in [0.1, 0.15) is 5.75 Å². The van der Waals surface area contributed by atoms with E-state index in [0.717, 1.165) is 31.0 Å². The fourth-order valence-corrected chi connectivity index (χ4v) is 1.64. The first-order chi connectivity index (χ1) is 9.36. The molecule has 0 unspecified atom stereocenters. The van der Waals surface area contributed by atoms with Crippen molar-refractivity contribution < 1.29 is 22.7 Å². The van der Waals surface area contributed by atoms with Crippen molar-refractivity contribution in [2.45, 2.75) is 31.5 Å². The van der Waals surface area contributed by atoms with Crippen LogP contribution in [-0.4, -0.2) is 18.6 Å². The molecule has 1 aromatic carbocycles. The standard InChI is InChI=1S/C13H15F3N2O2/c14-13(15,16)8-1-4-11(10(17)7-8)20-6-5-12(19)18-9-2-3-9/h1,4,7,9H,2-3,5-6,17H2,(H,18,19). The number of nitrogen functional groups attached to an aromatic ring is 1. The van der Waals surface area contributed by atoms with Gasteiger partial charge < -0.3 is 15.8 Å². The first kappa shape index (κ1) is 14.5. The van der Waals surface area contributed by atoms with Crippen molar-refractivity contribution in [1.29, 1.82) is 0 Å². The molecule has 1 aliphatic rings. The van der Waals surface area contributed by atoms with Gasteiger partial charge in [-0.15, -0.1) is 0 Å². The minimum Gasteiger partial charge on any atom is -0.491 e. The molecule has 2 rings (SSSR count). The number of carbonyl (C=O) groups excluding carboxylic acids is 1. The average molecular weight is 288 g/mol. The number of benzene rings is 1. The summed E-state index contributed by atoms with van der Waals surface area (Å²) >= 11 is 0. The Bertz CT molecular complexity index is 499. The summed E-state index contributed by atoms with van der Waals surface area (Å²) in [6, 6.07) is 3.16. The predicted molar refractivity (Wildman–Crippen MR) is 67.1 cm³/mol. The molecule has 0 heterocycles. The number of carbonyl (C=O) groups is 1. The van der Waals surface area contributed by atoms with Gasteiger partial charge in [-0.2, -0.15) is 13.2 Å². The van der Waals surface area contributed by atoms with Crippen LogP contribution >= 0.6 is 0 Å². The van der Waals surface area contributed by atoms with Gasteiger partial charge in [0.15, 0.2) is 0 Å². The van der Waals surface area contributed by atoms with E-state index in [1.165, 1.54) is 0 Å². The van der Waals surface area contributed by atoms with E-state index in [4.69, 9.17) is 10.5 Å². The van der Waals surface area contributed by atoms with E-state index in [1.807, 2.05) is 0 Å². The monoisotopic (exact) mass is 288 g/mol. The van der Waals surface area contributed by atoms with Crippen molar-refractivity contribution in [3.8, 4) is 5.75 Å². The Balaban J connectivity index is 1.84. The molecule has 1 amide bonds. The van der Waals surface area contributed by atoms with Crippen molar-refractivity contribution in [2.75, 3.05) is 12.3 Å². The fraction of sp³-hybridized carbons (Fsp3) is 0.462. The summed E-state index contributed by atoms with van der Waals surface area (Å²) in [4.78, 5) is 11.4. The van der Waals surface area contributed by atoms with Gasteiger partial charge in [0.05, 0.1) is 24.3 Å². The largest absolute Gasteiger partial charge is 0.491 e. The summed E-state index contributed by atoms with van der Waals surface area (Å²) in [7, 11) is 0. The highest BCUT2D eigenvalue weighted by atomic mass is 19.4. The number of rotatable bonds is 5. The highest BCUT2D eigenvalue weighted by Crippen LogP contribution is 2.33. The number of hydrogen-bond acceptors (Lipinski definition) is 3. The molecule has 0 saturated heterocycles. The molecule has 4 nitrogen and oxygen atoms in total. The number of anilines is 1. The highest BCUT2D eigenvalue weighted by molar-refractivity contribution is 5.76. The number of nitrogens with two attached hydrogens (primary N) is 1. The fourth-order valence-electron chi connectivity index (χ4n) is 1.64. The molecule has 110 valence electrons. The lowest BCUT2D eigenvalue weighted by atomic mass is 10.2. The Morgan fingerprint density at radius 1 is 1.40 bits per heavy atom. The van der Waals surface area contributed by atoms with Gasteiger partial charge in [-0.25, -0.2) is 0 Å². The zero-order chi connectivity index (χ0) is 14.8. The first-order valence-electron chi connectivity index (χ1n) is 6.25. The smallest absolute Gasteiger partial charge is 0.416 e. The van der Waals surface area contributed by atoms with E-state index in [9.17, 15) is 18.0 Å². The van der Waals surface area contributed by atoms with Gasteiger partial charge >= 0.3 is 6.18 Å². The second kappa shape index (κ2) is 5.60. The van der Waals surface area contributed by atoms with Gasteiger partial charge in [0.2, 0.25) is 5.91 Å². The maximum Gasteiger partial charge on any atom is 0.416 e. The van der Waals surface area contributed by atoms with Gasteiger partial charge in [0.25, 0.3) is 0 Å². The van der Waals surface area contributed by atoms with Gasteiger partial charge in [-0.1, -0.05) is 0 Å². The third kappa shape index (κ3) is 4.04. The normalized spacial score (nSPS) is 14.9. The first-order valence-corrected chi connectivity index (χ1v) is 6.25. The average Bonchev–Trinajstić information content (AvgIpc) is 3.13. The van der Waals surface area contributed by atoms with Crippen LogP contribution in [0.5, 0.6) is 5.75 Å². The summed E-state index contributed by atoms with van der Waals surface area (Å²) in [6.45, 7) is 0.0775. The molecule has 0 aromatic heterocycles. The van der Waals surface area contributed by atoms with Gasteiger partial charge in [0, 0.05) is 6.04 Å². The summed E-state index contributed by atoms with van der Waals surface area (Å²) < 4.78 is 42.5. The van der Waals surface area contributed by atoms with E-state index >= 15 is 0 Å². The minimum atomic E-state index is -4.43. The van der Waals surface area contributed by atoms with E-state index in [0.29, 0.717) is 0 Å². The van der Waals surface area contributed by atoms with Crippen LogP contribution in [0.15, 0.2) is 18.2 Å². The molecule has 0 bridgehead atoms. The van der Waals surface area contributed by atoms with Crippen LogP contribution in [0.2, 0.25) is 0 Å². The summed E-state index contributed by atoms with van der Waals surface area (Å²) in [6.07, 6.45) is -2.29. The molecule has 0 aliphatic heterocycles. The molecule has 1 aromatic rings. The topological polar surface area (TPSA) is 64.3 Å². The van der Waals surface area contributed by atoms with Crippen molar-refractivity contribution >= 4 is 11.6 Å². The molecule has 1 aliphatic carbocycles. The number of ether oxygens (including phenoxy) is 1. The zero-order valence-corrected chi connectivity index (χ0v) is 10.7. The lowest BCUT2D eigenvalue weighted by Gasteiger charge is -2.12. The third-order valence-corrected chi connectivity index (χ3v) is 2.87. The highest BCUT2D eigenvalue weighted by Gasteiger charge is 2.31. The quantitative estimate of drug-likeness (QED) is 0.817. The maximum atomic E-state index is 12.4. The summed E-state index contributed by atoms with van der Waals surface area (Å²) in [5, 5.41) is 2.78. The van der Waals surface area contributed by atoms with Crippen LogP contribution in [0, 0.1) is 0 Å². The van der Waals surface area contributed by atoms with Crippen molar-refractivity contribution in [3.63, 3.8) is 0 Å². The van der Waals surface area contributed by atoms with E-state index in [2.05, 4.69) is 5.32 Å². The van der Waals surface area contributed by atoms with E-state index in [1.54, 1.807) is 0 Å². The van der Waals surface area contributed by atoms with Crippen LogP contribution in [0.3, 0.4) is 0 Å². The minimum absolute atomic E-state index is 0.0775. The zero-order valence-electron chi connectivity index (χ0n) is 10.7. The van der Waals surface area contributed by atoms with Crippen LogP contribution in [0.25, 0.3) is 0 Å². The van der Waals surface area contributed by atoms with Crippen molar-refractivity contribution in [3.05, 3.63) is 23.8 Å². The van der Waals surface area contributed by atoms with Crippen LogP contribution < -0.4 is 15.8 Å². The number of amides is 1. The van der Waals surface area contributed by atoms with Gasteiger partial charge in [-0.3, -0.25) is 4.79 Å². The molecule has 0 atom stereocenters. The van der Waals surface area contributed by atoms with Crippen LogP contribution in [0.4, 0.5) is 18.9 Å². The van der Waals surface area contributed by atoms with Crippen LogP contribution in [0.1, 0.15) is 24.8 Å². The molecule has 3 N–H and O–H groups in total. The Kier molecular flexibility index (Phi) is 4.06. The van der Waals surface area contributed by atoms with Crippen molar-refractivity contribution in [1.82, 2.24) is 5.32 Å². The molecule has 1 fully saturated rings. The second-order valence-corrected chi connectivity index (χ2v) is 4.69. The van der Waals surface area contributed by atoms with Gasteiger partial charge in [-0.05, 0) is 31.0 Å². The lowest BCUT2D eigenvalue weighted by Crippen LogP contribution is -2.26. The third-order valence-electron chi connectivity index (χ3n) is 2.87. The molecule has 7 heteroatoms. The Morgan fingerprint density at radius 2 is 2.10 bits per heavy atom. The maximum absolute atomic E-state index is 12.4. The number of alkyl halides is 3. The summed E-state index contributed by atoms with van der Waals surface area (Å²) in [5.74, 6) is 0.0233. The molecule has 1 saturated carbocycles. The Hall–Kier alpha value is -1.92. The molecular weight excluding hydrogens is 273 g/mol. The van der Waals surface area contributed by atoms with Crippen LogP contribution in [-0.2, 0) is 11.0 Å². The number of nitrogens with one attached hydrogen (secondary N) is 1. The molecular formula is C13H15F3N2O2. The van der Waals surface area contributed by atoms with Crippen molar-refractivity contribution in [2.24, 2.45) is 0 Å². The second-order valence-electron chi connectivity index (χ2n) is 4.69.